The number of hydrogen-bond acceptors (Lipinski definition) is 1. The van der Waals surface area contributed by atoms with E-state index in [0.29, 0.717) is 4.47 Å². The minimum atomic E-state index is -0.487. The first-order valence-corrected chi connectivity index (χ1v) is 6.89. The van der Waals surface area contributed by atoms with Crippen molar-refractivity contribution >= 4 is 15.9 Å². The van der Waals surface area contributed by atoms with Crippen LogP contribution in [0.5, 0.6) is 5.75 Å². The van der Waals surface area contributed by atoms with Gasteiger partial charge in [0.2, 0.25) is 0 Å². The van der Waals surface area contributed by atoms with E-state index in [1.807, 2.05) is 6.07 Å². The summed E-state index contributed by atoms with van der Waals surface area (Å²) in [5, 5.41) is 9.96. The van der Waals surface area contributed by atoms with Crippen molar-refractivity contribution in [2.75, 3.05) is 0 Å². The molecule has 1 nitrogen and oxygen atoms in total. The lowest BCUT2D eigenvalue weighted by Crippen LogP contribution is -2.09. The molecule has 0 radical (unpaired) electrons. The maximum Gasteiger partial charge on any atom is 0.179 e. The Labute approximate surface area is 109 Å². The van der Waals surface area contributed by atoms with Crippen molar-refractivity contribution in [1.29, 1.82) is 0 Å². The van der Waals surface area contributed by atoms with E-state index in [0.717, 1.165) is 36.8 Å². The highest BCUT2D eigenvalue weighted by atomic mass is 79.9. The van der Waals surface area contributed by atoms with Gasteiger partial charge in [-0.15, -0.1) is 0 Å². The van der Waals surface area contributed by atoms with Crippen LogP contribution in [0.25, 0.3) is 0 Å². The van der Waals surface area contributed by atoms with E-state index in [1.165, 1.54) is 0 Å². The normalized spacial score (nSPS) is 23.5. The summed E-state index contributed by atoms with van der Waals surface area (Å²) in [6, 6.07) is 2.02. The van der Waals surface area contributed by atoms with Crippen molar-refractivity contribution < 1.29 is 9.50 Å². The third-order valence-electron chi connectivity index (χ3n) is 4.48. The van der Waals surface area contributed by atoms with Crippen molar-refractivity contribution in [3.05, 3.63) is 27.5 Å². The highest BCUT2D eigenvalue weighted by Gasteiger charge is 2.46. The quantitative estimate of drug-likeness (QED) is 0.858. The van der Waals surface area contributed by atoms with Gasteiger partial charge in [0.15, 0.2) is 11.6 Å². The Kier molecular flexibility index (Phi) is 2.20. The summed E-state index contributed by atoms with van der Waals surface area (Å²) in [5.74, 6) is -0.649. The lowest BCUT2D eigenvalue weighted by Gasteiger charge is -2.19. The van der Waals surface area contributed by atoms with Crippen molar-refractivity contribution in [1.82, 2.24) is 0 Å². The predicted molar refractivity (Wildman–Crippen MR) is 68.9 cm³/mol. The molecule has 0 bridgehead atoms. The van der Waals surface area contributed by atoms with Crippen molar-refractivity contribution in [2.24, 2.45) is 0 Å². The fourth-order valence-electron chi connectivity index (χ4n) is 2.43. The number of rotatable bonds is 2. The number of hydrogen-bond donors (Lipinski definition) is 1. The molecule has 0 spiro atoms. The first-order chi connectivity index (χ1) is 7.87. The number of halogens is 2. The van der Waals surface area contributed by atoms with Gasteiger partial charge in [0.1, 0.15) is 0 Å². The zero-order chi connectivity index (χ0) is 12.4. The Morgan fingerprint density at radius 1 is 1.12 bits per heavy atom. The standard InChI is InChI=1S/C14H16BrFO/c1-13(3-4-13)8-7-9(14(2)5-6-14)12(17)11(16)10(8)15/h7,17H,3-6H2,1-2H3. The average Bonchev–Trinajstić information content (AvgIpc) is 3.17. The molecular formula is C14H16BrFO. The van der Waals surface area contributed by atoms with E-state index in [-0.39, 0.29) is 16.6 Å². The van der Waals surface area contributed by atoms with Crippen LogP contribution >= 0.6 is 15.9 Å². The second kappa shape index (κ2) is 3.25. The van der Waals surface area contributed by atoms with Crippen LogP contribution in [-0.2, 0) is 10.8 Å². The molecule has 1 aromatic rings. The molecule has 0 atom stereocenters. The second-order valence-electron chi connectivity index (χ2n) is 6.07. The van der Waals surface area contributed by atoms with Gasteiger partial charge >= 0.3 is 0 Å². The highest BCUT2D eigenvalue weighted by Crippen LogP contribution is 2.56. The Balaban J connectivity index is 2.20. The van der Waals surface area contributed by atoms with E-state index in [1.54, 1.807) is 0 Å². The summed E-state index contributed by atoms with van der Waals surface area (Å²) in [6.07, 6.45) is 4.29. The molecule has 3 rings (SSSR count). The van der Waals surface area contributed by atoms with Gasteiger partial charge in [-0.2, -0.15) is 0 Å². The predicted octanol–water partition coefficient (Wildman–Crippen LogP) is 4.40. The Morgan fingerprint density at radius 2 is 1.59 bits per heavy atom. The van der Waals surface area contributed by atoms with Crippen LogP contribution in [0.15, 0.2) is 10.5 Å². The van der Waals surface area contributed by atoms with Gasteiger partial charge in [0.05, 0.1) is 4.47 Å². The van der Waals surface area contributed by atoms with Gasteiger partial charge < -0.3 is 5.11 Å². The van der Waals surface area contributed by atoms with Crippen LogP contribution in [0.2, 0.25) is 0 Å². The summed E-state index contributed by atoms with van der Waals surface area (Å²) in [5.41, 5.74) is 1.91. The third kappa shape index (κ3) is 1.62. The molecule has 0 amide bonds. The van der Waals surface area contributed by atoms with E-state index in [4.69, 9.17) is 0 Å². The summed E-state index contributed by atoms with van der Waals surface area (Å²) >= 11 is 3.29. The molecule has 2 fully saturated rings. The minimum absolute atomic E-state index is 0.00831. The monoisotopic (exact) mass is 298 g/mol. The molecule has 3 heteroatoms. The van der Waals surface area contributed by atoms with Gasteiger partial charge in [0, 0.05) is 5.56 Å². The molecule has 2 aliphatic rings. The number of phenolic OH excluding ortho intramolecular Hbond substituents is 1. The minimum Gasteiger partial charge on any atom is -0.505 e. The van der Waals surface area contributed by atoms with E-state index in [9.17, 15) is 9.50 Å². The van der Waals surface area contributed by atoms with Crippen LogP contribution in [0.1, 0.15) is 50.7 Å². The van der Waals surface area contributed by atoms with Crippen LogP contribution in [-0.4, -0.2) is 5.11 Å². The molecule has 0 unspecified atom stereocenters. The largest absolute Gasteiger partial charge is 0.505 e. The molecule has 0 heterocycles. The first-order valence-electron chi connectivity index (χ1n) is 6.09. The van der Waals surface area contributed by atoms with Crippen LogP contribution in [0.3, 0.4) is 0 Å². The van der Waals surface area contributed by atoms with Gasteiger partial charge in [-0.1, -0.05) is 13.8 Å². The van der Waals surface area contributed by atoms with Crippen LogP contribution < -0.4 is 0 Å². The third-order valence-corrected chi connectivity index (χ3v) is 5.26. The SMILES string of the molecule is CC1(c2cc(C3(C)CC3)c(Br)c(F)c2O)CC1. The summed E-state index contributed by atoms with van der Waals surface area (Å²) in [7, 11) is 0. The summed E-state index contributed by atoms with van der Waals surface area (Å²) in [6.45, 7) is 4.25. The molecule has 2 aliphatic carbocycles. The Hall–Kier alpha value is -0.570. The van der Waals surface area contributed by atoms with E-state index in [2.05, 4.69) is 29.8 Å². The average molecular weight is 299 g/mol. The van der Waals surface area contributed by atoms with Gasteiger partial charge in [-0.3, -0.25) is 0 Å². The van der Waals surface area contributed by atoms with Gasteiger partial charge in [-0.05, 0) is 64.1 Å². The zero-order valence-electron chi connectivity index (χ0n) is 10.1. The second-order valence-corrected chi connectivity index (χ2v) is 6.86. The van der Waals surface area contributed by atoms with Gasteiger partial charge in [-0.25, -0.2) is 4.39 Å². The van der Waals surface area contributed by atoms with E-state index < -0.39 is 5.82 Å². The molecule has 0 aromatic heterocycles. The summed E-state index contributed by atoms with van der Waals surface area (Å²) in [4.78, 5) is 0. The Bertz CT molecular complexity index is 459. The molecule has 0 saturated heterocycles. The van der Waals surface area contributed by atoms with E-state index >= 15 is 0 Å². The number of benzene rings is 1. The molecule has 2 saturated carbocycles. The molecular weight excluding hydrogens is 283 g/mol. The van der Waals surface area contributed by atoms with Crippen molar-refractivity contribution in [2.45, 2.75) is 50.4 Å². The molecule has 17 heavy (non-hydrogen) atoms. The first kappa shape index (κ1) is 11.5. The van der Waals surface area contributed by atoms with Crippen molar-refractivity contribution in [3.63, 3.8) is 0 Å². The molecule has 1 aromatic carbocycles. The van der Waals surface area contributed by atoms with Crippen LogP contribution in [0, 0.1) is 5.82 Å². The maximum absolute atomic E-state index is 14.1. The molecule has 92 valence electrons. The fourth-order valence-corrected chi connectivity index (χ4v) is 3.21. The Morgan fingerprint density at radius 3 is 2.06 bits per heavy atom. The lowest BCUT2D eigenvalue weighted by molar-refractivity contribution is 0.416. The van der Waals surface area contributed by atoms with Crippen LogP contribution in [0.4, 0.5) is 4.39 Å². The summed E-state index contributed by atoms with van der Waals surface area (Å²) < 4.78 is 14.5. The molecule has 1 N–H and O–H groups in total. The van der Waals surface area contributed by atoms with Gasteiger partial charge in [0.25, 0.3) is 0 Å². The smallest absolute Gasteiger partial charge is 0.179 e. The fraction of sp³-hybridized carbons (Fsp3) is 0.571. The highest BCUT2D eigenvalue weighted by molar-refractivity contribution is 9.10. The number of aromatic hydroxyl groups is 1. The number of phenols is 1. The van der Waals surface area contributed by atoms with Crippen molar-refractivity contribution in [3.8, 4) is 5.75 Å². The zero-order valence-corrected chi connectivity index (χ0v) is 11.7. The molecule has 0 aliphatic heterocycles. The maximum atomic E-state index is 14.1. The lowest BCUT2D eigenvalue weighted by atomic mass is 9.90. The topological polar surface area (TPSA) is 20.2 Å².